The summed E-state index contributed by atoms with van der Waals surface area (Å²) in [5, 5.41) is 3.79. The molecule has 1 aromatic carbocycles. The van der Waals surface area contributed by atoms with Crippen molar-refractivity contribution in [3.8, 4) is 0 Å². The lowest BCUT2D eigenvalue weighted by atomic mass is 10.3. The van der Waals surface area contributed by atoms with Gasteiger partial charge in [0, 0.05) is 10.7 Å². The van der Waals surface area contributed by atoms with Crippen molar-refractivity contribution in [2.24, 2.45) is 0 Å². The summed E-state index contributed by atoms with van der Waals surface area (Å²) in [6, 6.07) is 7.30. The number of nitrogens with two attached hydrogens (primary N) is 1. The molecule has 0 saturated heterocycles. The topological polar surface area (TPSA) is 63.8 Å². The van der Waals surface area contributed by atoms with Crippen molar-refractivity contribution in [2.75, 3.05) is 11.1 Å². The van der Waals surface area contributed by atoms with Crippen molar-refractivity contribution in [3.63, 3.8) is 0 Å². The quantitative estimate of drug-likeness (QED) is 0.893. The highest BCUT2D eigenvalue weighted by Gasteiger charge is 2.05. The van der Waals surface area contributed by atoms with E-state index in [9.17, 15) is 0 Å². The second kappa shape index (κ2) is 4.67. The molecule has 16 heavy (non-hydrogen) atoms. The maximum absolute atomic E-state index is 5.79. The fourth-order valence-electron chi connectivity index (χ4n) is 1.14. The Hall–Kier alpha value is -1.33. The van der Waals surface area contributed by atoms with Gasteiger partial charge in [0.05, 0.1) is 0 Å². The van der Waals surface area contributed by atoms with Crippen LogP contribution in [0.25, 0.3) is 0 Å². The molecule has 1 aromatic heterocycles. The van der Waals surface area contributed by atoms with E-state index < -0.39 is 0 Å². The number of benzene rings is 1. The maximum Gasteiger partial charge on any atom is 0.150 e. The fraction of sp³-hybridized carbons (Fsp3) is 0. The SMILES string of the molecule is Nc1ncnc(Nc2ccc(Cl)cc2)c1Br. The average Bonchev–Trinajstić information content (AvgIpc) is 2.28. The Labute approximate surface area is 106 Å². The predicted octanol–water partition coefficient (Wildman–Crippen LogP) is 3.22. The van der Waals surface area contributed by atoms with Gasteiger partial charge in [0.1, 0.15) is 22.4 Å². The first-order valence-electron chi connectivity index (χ1n) is 4.45. The Bertz CT molecular complexity index is 501. The van der Waals surface area contributed by atoms with Crippen LogP contribution in [0, 0.1) is 0 Å². The van der Waals surface area contributed by atoms with Crippen molar-refractivity contribution in [1.82, 2.24) is 9.97 Å². The number of anilines is 3. The van der Waals surface area contributed by atoms with Crippen molar-refractivity contribution in [2.45, 2.75) is 0 Å². The van der Waals surface area contributed by atoms with Gasteiger partial charge in [-0.05, 0) is 40.2 Å². The Balaban J connectivity index is 2.27. The number of hydrogen-bond acceptors (Lipinski definition) is 4. The zero-order valence-electron chi connectivity index (χ0n) is 8.11. The van der Waals surface area contributed by atoms with Gasteiger partial charge in [-0.2, -0.15) is 0 Å². The molecule has 2 aromatic rings. The zero-order valence-corrected chi connectivity index (χ0v) is 10.5. The third-order valence-electron chi connectivity index (χ3n) is 1.92. The minimum atomic E-state index is 0.395. The minimum Gasteiger partial charge on any atom is -0.383 e. The second-order valence-corrected chi connectivity index (χ2v) is 4.28. The first kappa shape index (κ1) is 11.2. The molecule has 0 unspecified atom stereocenters. The van der Waals surface area contributed by atoms with E-state index in [1.54, 1.807) is 12.1 Å². The van der Waals surface area contributed by atoms with Crippen LogP contribution in [0.3, 0.4) is 0 Å². The van der Waals surface area contributed by atoms with Crippen LogP contribution in [0.1, 0.15) is 0 Å². The van der Waals surface area contributed by atoms with Gasteiger partial charge in [-0.3, -0.25) is 0 Å². The lowest BCUT2D eigenvalue weighted by Gasteiger charge is -2.08. The predicted molar refractivity (Wildman–Crippen MR) is 68.9 cm³/mol. The molecule has 0 bridgehead atoms. The smallest absolute Gasteiger partial charge is 0.150 e. The summed E-state index contributed by atoms with van der Waals surface area (Å²) in [4.78, 5) is 7.93. The number of rotatable bonds is 2. The molecule has 0 aliphatic heterocycles. The van der Waals surface area contributed by atoms with Crippen LogP contribution in [0.2, 0.25) is 5.02 Å². The Morgan fingerprint density at radius 2 is 1.88 bits per heavy atom. The van der Waals surface area contributed by atoms with Crippen LogP contribution in [0.4, 0.5) is 17.3 Å². The largest absolute Gasteiger partial charge is 0.383 e. The summed E-state index contributed by atoms with van der Waals surface area (Å²) in [6.45, 7) is 0. The third kappa shape index (κ3) is 2.43. The summed E-state index contributed by atoms with van der Waals surface area (Å²) in [5.41, 5.74) is 6.52. The molecule has 0 saturated carbocycles. The molecule has 6 heteroatoms. The average molecular weight is 300 g/mol. The van der Waals surface area contributed by atoms with Gasteiger partial charge in [-0.25, -0.2) is 9.97 Å². The minimum absolute atomic E-state index is 0.395. The van der Waals surface area contributed by atoms with Gasteiger partial charge < -0.3 is 11.1 Å². The van der Waals surface area contributed by atoms with E-state index in [0.29, 0.717) is 21.1 Å². The monoisotopic (exact) mass is 298 g/mol. The van der Waals surface area contributed by atoms with Crippen LogP contribution in [-0.4, -0.2) is 9.97 Å². The molecule has 0 atom stereocenters. The van der Waals surface area contributed by atoms with Crippen LogP contribution >= 0.6 is 27.5 Å². The first-order valence-corrected chi connectivity index (χ1v) is 5.62. The molecule has 0 amide bonds. The van der Waals surface area contributed by atoms with Crippen molar-refractivity contribution < 1.29 is 0 Å². The van der Waals surface area contributed by atoms with Crippen LogP contribution in [0.15, 0.2) is 35.1 Å². The number of aromatic nitrogens is 2. The van der Waals surface area contributed by atoms with Crippen molar-refractivity contribution in [3.05, 3.63) is 40.1 Å². The number of halogens is 2. The molecule has 2 rings (SSSR count). The molecule has 0 fully saturated rings. The summed E-state index contributed by atoms with van der Waals surface area (Å²) in [7, 11) is 0. The number of hydrogen-bond donors (Lipinski definition) is 2. The van der Waals surface area contributed by atoms with Crippen molar-refractivity contribution >= 4 is 44.9 Å². The molecule has 4 nitrogen and oxygen atoms in total. The lowest BCUT2D eigenvalue weighted by Crippen LogP contribution is -1.99. The molecule has 0 aliphatic rings. The van der Waals surface area contributed by atoms with Crippen molar-refractivity contribution in [1.29, 1.82) is 0 Å². The first-order chi connectivity index (χ1) is 7.66. The molecule has 1 heterocycles. The van der Waals surface area contributed by atoms with Crippen LogP contribution < -0.4 is 11.1 Å². The third-order valence-corrected chi connectivity index (χ3v) is 2.96. The van der Waals surface area contributed by atoms with E-state index >= 15 is 0 Å². The fourth-order valence-corrected chi connectivity index (χ4v) is 1.57. The number of nitrogens with zero attached hydrogens (tertiary/aromatic N) is 2. The highest BCUT2D eigenvalue weighted by Crippen LogP contribution is 2.27. The van der Waals surface area contributed by atoms with E-state index in [4.69, 9.17) is 17.3 Å². The molecular weight excluding hydrogens is 291 g/mol. The lowest BCUT2D eigenvalue weighted by molar-refractivity contribution is 1.16. The van der Waals surface area contributed by atoms with E-state index in [1.807, 2.05) is 12.1 Å². The molecule has 82 valence electrons. The maximum atomic E-state index is 5.79. The number of nitrogen functional groups attached to an aromatic ring is 1. The zero-order chi connectivity index (χ0) is 11.5. The van der Waals surface area contributed by atoms with Crippen LogP contribution in [0.5, 0.6) is 0 Å². The van der Waals surface area contributed by atoms with E-state index in [1.165, 1.54) is 6.33 Å². The summed E-state index contributed by atoms with van der Waals surface area (Å²) in [6.07, 6.45) is 1.40. The standard InChI is InChI=1S/C10H8BrClN4/c11-8-9(13)14-5-15-10(8)16-7-3-1-6(12)2-4-7/h1-5H,(H3,13,14,15,16). The normalized spacial score (nSPS) is 10.1. The molecule has 3 N–H and O–H groups in total. The summed E-state index contributed by atoms with van der Waals surface area (Å²) < 4.78 is 0.643. The highest BCUT2D eigenvalue weighted by molar-refractivity contribution is 9.10. The van der Waals surface area contributed by atoms with E-state index in [2.05, 4.69) is 31.2 Å². The molecule has 0 aliphatic carbocycles. The molecular formula is C10H8BrClN4. The van der Waals surface area contributed by atoms with Gasteiger partial charge in [-0.1, -0.05) is 11.6 Å². The van der Waals surface area contributed by atoms with Gasteiger partial charge in [0.25, 0.3) is 0 Å². The van der Waals surface area contributed by atoms with Gasteiger partial charge in [0.15, 0.2) is 0 Å². The Kier molecular flexibility index (Phi) is 3.26. The van der Waals surface area contributed by atoms with Gasteiger partial charge in [-0.15, -0.1) is 0 Å². The number of nitrogens with one attached hydrogen (secondary N) is 1. The van der Waals surface area contributed by atoms with E-state index in [-0.39, 0.29) is 0 Å². The second-order valence-electron chi connectivity index (χ2n) is 3.05. The Morgan fingerprint density at radius 3 is 2.56 bits per heavy atom. The van der Waals surface area contributed by atoms with Crippen LogP contribution in [-0.2, 0) is 0 Å². The summed E-state index contributed by atoms with van der Waals surface area (Å²) in [5.74, 6) is 1.02. The summed E-state index contributed by atoms with van der Waals surface area (Å²) >= 11 is 9.10. The molecule has 0 spiro atoms. The van der Waals surface area contributed by atoms with Gasteiger partial charge in [0.2, 0.25) is 0 Å². The Morgan fingerprint density at radius 1 is 1.19 bits per heavy atom. The molecule has 0 radical (unpaired) electrons. The van der Waals surface area contributed by atoms with E-state index in [0.717, 1.165) is 5.69 Å². The van der Waals surface area contributed by atoms with Gasteiger partial charge >= 0.3 is 0 Å². The highest BCUT2D eigenvalue weighted by atomic mass is 79.9.